The number of nitrogens with two attached hydrogens (primary N) is 1. The SMILES string of the molecule is Cc1cc([N+](=O)[O-])ccc1/N=N/c1cnn(Cc2cc[n+](C)cc2)c1N.[Cl-]. The molecule has 0 bridgehead atoms. The van der Waals surface area contributed by atoms with Gasteiger partial charge in [0, 0.05) is 24.3 Å². The Bertz CT molecular complexity index is 983. The van der Waals surface area contributed by atoms with Gasteiger partial charge in [-0.25, -0.2) is 9.25 Å². The highest BCUT2D eigenvalue weighted by Gasteiger charge is 2.10. The van der Waals surface area contributed by atoms with E-state index < -0.39 is 4.92 Å². The first-order chi connectivity index (χ1) is 12.4. The van der Waals surface area contributed by atoms with Crippen LogP contribution >= 0.6 is 0 Å². The summed E-state index contributed by atoms with van der Waals surface area (Å²) in [6, 6.07) is 8.38. The summed E-state index contributed by atoms with van der Waals surface area (Å²) in [7, 11) is 1.95. The van der Waals surface area contributed by atoms with E-state index in [2.05, 4.69) is 15.3 Å². The van der Waals surface area contributed by atoms with Crippen LogP contribution in [0, 0.1) is 17.0 Å². The molecule has 3 aromatic rings. The van der Waals surface area contributed by atoms with Gasteiger partial charge in [-0.3, -0.25) is 10.1 Å². The summed E-state index contributed by atoms with van der Waals surface area (Å²) in [6.07, 6.45) is 5.45. The maximum Gasteiger partial charge on any atom is 0.269 e. The molecule has 0 fully saturated rings. The first-order valence-electron chi connectivity index (χ1n) is 7.86. The van der Waals surface area contributed by atoms with Crippen molar-refractivity contribution in [2.75, 3.05) is 5.73 Å². The molecule has 0 unspecified atom stereocenters. The second-order valence-corrected chi connectivity index (χ2v) is 5.87. The molecule has 2 heterocycles. The summed E-state index contributed by atoms with van der Waals surface area (Å²) in [5.74, 6) is 0.404. The highest BCUT2D eigenvalue weighted by atomic mass is 35.5. The fourth-order valence-electron chi connectivity index (χ4n) is 2.37. The van der Waals surface area contributed by atoms with Gasteiger partial charge >= 0.3 is 0 Å². The molecule has 3 rings (SSSR count). The fraction of sp³-hybridized carbons (Fsp3) is 0.176. The minimum absolute atomic E-state index is 0. The van der Waals surface area contributed by atoms with Gasteiger partial charge in [-0.2, -0.15) is 10.2 Å². The second kappa shape index (κ2) is 8.37. The Morgan fingerprint density at radius 1 is 1.22 bits per heavy atom. The van der Waals surface area contributed by atoms with Gasteiger partial charge in [0.15, 0.2) is 12.4 Å². The summed E-state index contributed by atoms with van der Waals surface area (Å²) >= 11 is 0. The molecule has 2 N–H and O–H groups in total. The molecule has 140 valence electrons. The normalized spacial score (nSPS) is 10.7. The quantitative estimate of drug-likeness (QED) is 0.286. The van der Waals surface area contributed by atoms with E-state index in [0.717, 1.165) is 5.56 Å². The van der Waals surface area contributed by atoms with Crippen LogP contribution in [0.5, 0.6) is 0 Å². The van der Waals surface area contributed by atoms with Gasteiger partial charge in [0.05, 0.1) is 23.4 Å². The molecule has 27 heavy (non-hydrogen) atoms. The van der Waals surface area contributed by atoms with E-state index in [1.54, 1.807) is 23.9 Å². The van der Waals surface area contributed by atoms with E-state index in [1.807, 2.05) is 36.1 Å². The topological polar surface area (TPSA) is 116 Å². The number of nitro benzene ring substituents is 1. The van der Waals surface area contributed by atoms with Crippen LogP contribution in [0.1, 0.15) is 11.1 Å². The van der Waals surface area contributed by atoms with Crippen LogP contribution in [0.4, 0.5) is 22.9 Å². The van der Waals surface area contributed by atoms with Gasteiger partial charge in [-0.1, -0.05) is 0 Å². The van der Waals surface area contributed by atoms with Crippen LogP contribution in [0.2, 0.25) is 0 Å². The molecule has 0 amide bonds. The van der Waals surface area contributed by atoms with Gasteiger partial charge in [0.25, 0.3) is 5.69 Å². The minimum atomic E-state index is -0.445. The number of azo groups is 1. The van der Waals surface area contributed by atoms with Gasteiger partial charge in [0.1, 0.15) is 18.6 Å². The van der Waals surface area contributed by atoms with Crippen molar-refractivity contribution in [3.05, 3.63) is 70.2 Å². The van der Waals surface area contributed by atoms with Crippen LogP contribution in [0.15, 0.2) is 59.2 Å². The summed E-state index contributed by atoms with van der Waals surface area (Å²) < 4.78 is 3.59. The van der Waals surface area contributed by atoms with Crippen molar-refractivity contribution in [3.8, 4) is 0 Å². The third kappa shape index (κ3) is 4.64. The van der Waals surface area contributed by atoms with Gasteiger partial charge in [-0.05, 0) is 24.1 Å². The van der Waals surface area contributed by atoms with Crippen molar-refractivity contribution in [1.29, 1.82) is 0 Å². The lowest BCUT2D eigenvalue weighted by Crippen LogP contribution is -3.00. The Hall–Kier alpha value is -3.33. The number of nitrogens with zero attached hydrogens (tertiary/aromatic N) is 6. The van der Waals surface area contributed by atoms with E-state index in [1.165, 1.54) is 12.1 Å². The number of aromatic nitrogens is 3. The van der Waals surface area contributed by atoms with Crippen molar-refractivity contribution in [1.82, 2.24) is 9.78 Å². The number of non-ortho nitro benzene ring substituents is 1. The first-order valence-corrected chi connectivity index (χ1v) is 7.86. The number of nitro groups is 1. The second-order valence-electron chi connectivity index (χ2n) is 5.87. The molecular weight excluding hydrogens is 370 g/mol. The Morgan fingerprint density at radius 3 is 2.52 bits per heavy atom. The molecule has 0 radical (unpaired) electrons. The van der Waals surface area contributed by atoms with Crippen molar-refractivity contribution in [3.63, 3.8) is 0 Å². The maximum atomic E-state index is 10.8. The van der Waals surface area contributed by atoms with E-state index in [9.17, 15) is 10.1 Å². The molecule has 0 aliphatic rings. The van der Waals surface area contributed by atoms with E-state index in [0.29, 0.717) is 29.3 Å². The number of aryl methyl sites for hydroxylation is 2. The van der Waals surface area contributed by atoms with Crippen LogP contribution in [0.3, 0.4) is 0 Å². The Morgan fingerprint density at radius 2 is 1.89 bits per heavy atom. The van der Waals surface area contributed by atoms with Gasteiger partial charge in [0.2, 0.25) is 0 Å². The van der Waals surface area contributed by atoms with Crippen molar-refractivity contribution >= 4 is 22.9 Å². The number of benzene rings is 1. The van der Waals surface area contributed by atoms with E-state index in [-0.39, 0.29) is 18.1 Å². The molecule has 0 saturated carbocycles. The molecule has 10 heteroatoms. The zero-order chi connectivity index (χ0) is 18.7. The van der Waals surface area contributed by atoms with Crippen LogP contribution in [-0.2, 0) is 13.6 Å². The number of halogens is 1. The molecule has 0 aliphatic heterocycles. The summed E-state index contributed by atoms with van der Waals surface area (Å²) in [4.78, 5) is 10.3. The molecule has 0 saturated heterocycles. The Kier molecular flexibility index (Phi) is 6.19. The first kappa shape index (κ1) is 20.0. The average molecular weight is 388 g/mol. The lowest BCUT2D eigenvalue weighted by atomic mass is 10.2. The van der Waals surface area contributed by atoms with Crippen molar-refractivity contribution in [2.24, 2.45) is 17.3 Å². The summed E-state index contributed by atoms with van der Waals surface area (Å²) in [5.41, 5.74) is 8.83. The third-order valence-electron chi connectivity index (χ3n) is 3.90. The zero-order valence-electron chi connectivity index (χ0n) is 14.8. The standard InChI is InChI=1S/C17H18N7O2.ClH/c1-12-9-14(24(25)26)3-4-15(12)20-21-16-10-19-23(17(16)18)11-13-5-7-22(2)8-6-13;/h3-10H,11,18H2,1-2H3;1H/q+1;/p-1/b21-20+;. The monoisotopic (exact) mass is 387 g/mol. The maximum absolute atomic E-state index is 10.8. The minimum Gasteiger partial charge on any atom is -1.00 e. The highest BCUT2D eigenvalue weighted by Crippen LogP contribution is 2.28. The number of pyridine rings is 1. The fourth-order valence-corrected chi connectivity index (χ4v) is 2.37. The largest absolute Gasteiger partial charge is 1.00 e. The third-order valence-corrected chi connectivity index (χ3v) is 3.90. The molecule has 2 aromatic heterocycles. The number of hydrogen-bond donors (Lipinski definition) is 1. The highest BCUT2D eigenvalue weighted by molar-refractivity contribution is 5.57. The van der Waals surface area contributed by atoms with Crippen molar-refractivity contribution in [2.45, 2.75) is 13.5 Å². The summed E-state index contributed by atoms with van der Waals surface area (Å²) in [6.45, 7) is 2.27. The lowest BCUT2D eigenvalue weighted by molar-refractivity contribution is -0.671. The number of rotatable bonds is 5. The summed E-state index contributed by atoms with van der Waals surface area (Å²) in [5, 5.41) is 23.3. The zero-order valence-corrected chi connectivity index (χ0v) is 15.5. The molecule has 0 spiro atoms. The van der Waals surface area contributed by atoms with Crippen LogP contribution < -0.4 is 22.7 Å². The molecule has 0 atom stereocenters. The number of anilines is 1. The number of nitrogen functional groups attached to an aromatic ring is 1. The predicted octanol–water partition coefficient (Wildman–Crippen LogP) is -0.0259. The van der Waals surface area contributed by atoms with Gasteiger partial charge < -0.3 is 18.1 Å². The average Bonchev–Trinajstić information content (AvgIpc) is 2.96. The van der Waals surface area contributed by atoms with E-state index >= 15 is 0 Å². The van der Waals surface area contributed by atoms with Gasteiger partial charge in [-0.15, -0.1) is 5.11 Å². The number of hydrogen-bond acceptors (Lipinski definition) is 6. The Labute approximate surface area is 161 Å². The molecule has 0 aliphatic carbocycles. The van der Waals surface area contributed by atoms with Crippen LogP contribution in [-0.4, -0.2) is 14.7 Å². The molecule has 1 aromatic carbocycles. The molecule has 9 nitrogen and oxygen atoms in total. The lowest BCUT2D eigenvalue weighted by Gasteiger charge is -2.03. The van der Waals surface area contributed by atoms with Crippen LogP contribution in [0.25, 0.3) is 0 Å². The van der Waals surface area contributed by atoms with Crippen molar-refractivity contribution < 1.29 is 21.9 Å². The Balaban J connectivity index is 0.00000261. The predicted molar refractivity (Wildman–Crippen MR) is 95.4 cm³/mol. The smallest absolute Gasteiger partial charge is 0.269 e. The molecular formula is C17H18ClN7O2. The van der Waals surface area contributed by atoms with E-state index in [4.69, 9.17) is 5.73 Å².